The quantitative estimate of drug-likeness (QED) is 0.664. The maximum Gasteiger partial charge on any atom is 0.224 e. The smallest absolute Gasteiger partial charge is 0.224 e. The van der Waals surface area contributed by atoms with Gasteiger partial charge >= 0.3 is 0 Å². The van der Waals surface area contributed by atoms with Crippen LogP contribution in [0.3, 0.4) is 0 Å². The molecule has 17 heavy (non-hydrogen) atoms. The van der Waals surface area contributed by atoms with E-state index in [2.05, 4.69) is 26.9 Å². The number of nitrogens with zero attached hydrogens (tertiary/aromatic N) is 2. The van der Waals surface area contributed by atoms with Crippen LogP contribution in [0.5, 0.6) is 0 Å². The van der Waals surface area contributed by atoms with Crippen molar-refractivity contribution in [3.63, 3.8) is 0 Å². The molecule has 1 heterocycles. The summed E-state index contributed by atoms with van der Waals surface area (Å²) in [4.78, 5) is 8.37. The molecule has 0 atom stereocenters. The van der Waals surface area contributed by atoms with E-state index in [1.165, 1.54) is 31.4 Å². The predicted octanol–water partition coefficient (Wildman–Crippen LogP) is 2.85. The van der Waals surface area contributed by atoms with Gasteiger partial charge in [0.15, 0.2) is 0 Å². The monoisotopic (exact) mass is 254 g/mol. The van der Waals surface area contributed by atoms with Crippen LogP contribution >= 0.6 is 11.8 Å². The molecule has 1 aromatic heterocycles. The number of unbranched alkanes of at least 4 members (excludes halogenated alkanes) is 3. The molecule has 0 aliphatic heterocycles. The summed E-state index contributed by atoms with van der Waals surface area (Å²) >= 11 is 1.93. The van der Waals surface area contributed by atoms with Crippen molar-refractivity contribution in [3.8, 4) is 0 Å². The normalized spacial score (nSPS) is 10.2. The summed E-state index contributed by atoms with van der Waals surface area (Å²) in [5, 5.41) is 6.24. The van der Waals surface area contributed by atoms with Crippen LogP contribution in [0.1, 0.15) is 25.7 Å². The van der Waals surface area contributed by atoms with Crippen molar-refractivity contribution in [2.45, 2.75) is 25.7 Å². The minimum atomic E-state index is 0.662. The number of anilines is 2. The summed E-state index contributed by atoms with van der Waals surface area (Å²) in [7, 11) is 1.82. The first kappa shape index (κ1) is 14.1. The molecule has 96 valence electrons. The van der Waals surface area contributed by atoms with E-state index < -0.39 is 0 Å². The minimum absolute atomic E-state index is 0.662. The van der Waals surface area contributed by atoms with Crippen molar-refractivity contribution in [2.24, 2.45) is 0 Å². The first-order chi connectivity index (χ1) is 8.36. The molecule has 0 unspecified atom stereocenters. The third-order valence-electron chi connectivity index (χ3n) is 2.46. The molecule has 0 spiro atoms. The Balaban J connectivity index is 2.09. The topological polar surface area (TPSA) is 49.8 Å². The van der Waals surface area contributed by atoms with Gasteiger partial charge in [0.1, 0.15) is 5.82 Å². The van der Waals surface area contributed by atoms with Crippen molar-refractivity contribution in [1.82, 2.24) is 9.97 Å². The number of hydrogen-bond donors (Lipinski definition) is 2. The first-order valence-electron chi connectivity index (χ1n) is 6.10. The molecular formula is C12H22N4S. The third kappa shape index (κ3) is 6.36. The summed E-state index contributed by atoms with van der Waals surface area (Å²) in [5.41, 5.74) is 0. The van der Waals surface area contributed by atoms with Gasteiger partial charge in [0, 0.05) is 19.8 Å². The second kappa shape index (κ2) is 9.10. The van der Waals surface area contributed by atoms with Gasteiger partial charge in [-0.2, -0.15) is 16.7 Å². The SMILES string of the molecule is CNc1nccc(NCCCCCCSC)n1. The predicted molar refractivity (Wildman–Crippen MR) is 76.9 cm³/mol. The molecule has 0 saturated carbocycles. The Bertz CT molecular complexity index is 306. The van der Waals surface area contributed by atoms with E-state index in [-0.39, 0.29) is 0 Å². The molecule has 0 aliphatic rings. The third-order valence-corrected chi connectivity index (χ3v) is 3.16. The van der Waals surface area contributed by atoms with E-state index >= 15 is 0 Å². The zero-order valence-electron chi connectivity index (χ0n) is 10.7. The lowest BCUT2D eigenvalue weighted by atomic mass is 10.2. The average molecular weight is 254 g/mol. The number of nitrogens with one attached hydrogen (secondary N) is 2. The maximum atomic E-state index is 4.30. The molecule has 2 N–H and O–H groups in total. The summed E-state index contributed by atoms with van der Waals surface area (Å²) in [6.45, 7) is 0.986. The average Bonchev–Trinajstić information content (AvgIpc) is 2.38. The molecule has 0 aromatic carbocycles. The number of hydrogen-bond acceptors (Lipinski definition) is 5. The highest BCUT2D eigenvalue weighted by Gasteiger charge is 1.96. The van der Waals surface area contributed by atoms with Crippen molar-refractivity contribution in [3.05, 3.63) is 12.3 Å². The van der Waals surface area contributed by atoms with Gasteiger partial charge in [-0.05, 0) is 30.9 Å². The van der Waals surface area contributed by atoms with Gasteiger partial charge in [-0.25, -0.2) is 4.98 Å². The largest absolute Gasteiger partial charge is 0.370 e. The van der Waals surface area contributed by atoms with E-state index in [1.54, 1.807) is 6.20 Å². The van der Waals surface area contributed by atoms with Gasteiger partial charge in [0.05, 0.1) is 0 Å². The number of thioether (sulfide) groups is 1. The van der Waals surface area contributed by atoms with E-state index in [4.69, 9.17) is 0 Å². The fourth-order valence-electron chi connectivity index (χ4n) is 1.52. The van der Waals surface area contributed by atoms with E-state index in [9.17, 15) is 0 Å². The lowest BCUT2D eigenvalue weighted by Gasteiger charge is -2.06. The Morgan fingerprint density at radius 1 is 1.24 bits per heavy atom. The van der Waals surface area contributed by atoms with Gasteiger partial charge in [-0.15, -0.1) is 0 Å². The molecule has 0 fully saturated rings. The Kier molecular flexibility index (Phi) is 7.54. The van der Waals surface area contributed by atoms with Gasteiger partial charge in [-0.3, -0.25) is 0 Å². The standard InChI is InChI=1S/C12H22N4S/c1-13-12-15-9-7-11(16-12)14-8-5-3-4-6-10-17-2/h7,9H,3-6,8,10H2,1-2H3,(H2,13,14,15,16). The first-order valence-corrected chi connectivity index (χ1v) is 7.50. The Labute approximate surface area is 108 Å². The van der Waals surface area contributed by atoms with Crippen LogP contribution in [-0.2, 0) is 0 Å². The fourth-order valence-corrected chi connectivity index (χ4v) is 2.01. The Morgan fingerprint density at radius 2 is 2.06 bits per heavy atom. The molecule has 0 aliphatic carbocycles. The zero-order valence-corrected chi connectivity index (χ0v) is 11.5. The van der Waals surface area contributed by atoms with Crippen molar-refractivity contribution in [2.75, 3.05) is 36.2 Å². The molecule has 4 nitrogen and oxygen atoms in total. The molecular weight excluding hydrogens is 232 g/mol. The summed E-state index contributed by atoms with van der Waals surface area (Å²) in [6, 6.07) is 1.90. The lowest BCUT2D eigenvalue weighted by molar-refractivity contribution is 0.688. The molecule has 0 saturated heterocycles. The van der Waals surface area contributed by atoms with Gasteiger partial charge in [0.25, 0.3) is 0 Å². The van der Waals surface area contributed by atoms with E-state index in [1.807, 2.05) is 24.9 Å². The van der Waals surface area contributed by atoms with Crippen LogP contribution < -0.4 is 10.6 Å². The molecule has 1 rings (SSSR count). The highest BCUT2D eigenvalue weighted by Crippen LogP contribution is 2.07. The molecule has 0 amide bonds. The van der Waals surface area contributed by atoms with Crippen molar-refractivity contribution < 1.29 is 0 Å². The van der Waals surface area contributed by atoms with E-state index in [0.29, 0.717) is 5.95 Å². The minimum Gasteiger partial charge on any atom is -0.370 e. The molecule has 0 radical (unpaired) electrons. The van der Waals surface area contributed by atoms with Crippen LogP contribution in [0.2, 0.25) is 0 Å². The summed E-state index contributed by atoms with van der Waals surface area (Å²) in [6.07, 6.45) is 9.08. The Hall–Kier alpha value is -0.970. The van der Waals surface area contributed by atoms with Crippen LogP contribution in [0.4, 0.5) is 11.8 Å². The van der Waals surface area contributed by atoms with Crippen LogP contribution in [-0.4, -0.2) is 35.6 Å². The second-order valence-corrected chi connectivity index (χ2v) is 4.83. The number of aromatic nitrogens is 2. The number of rotatable bonds is 9. The molecule has 1 aromatic rings. The summed E-state index contributed by atoms with van der Waals surface area (Å²) < 4.78 is 0. The Morgan fingerprint density at radius 3 is 2.82 bits per heavy atom. The fraction of sp³-hybridized carbons (Fsp3) is 0.667. The molecule has 5 heteroatoms. The van der Waals surface area contributed by atoms with E-state index in [0.717, 1.165) is 12.4 Å². The van der Waals surface area contributed by atoms with Crippen molar-refractivity contribution >= 4 is 23.5 Å². The highest BCUT2D eigenvalue weighted by molar-refractivity contribution is 7.98. The lowest BCUT2D eigenvalue weighted by Crippen LogP contribution is -2.05. The van der Waals surface area contributed by atoms with Gasteiger partial charge in [0.2, 0.25) is 5.95 Å². The molecule has 0 bridgehead atoms. The zero-order chi connectivity index (χ0) is 12.3. The van der Waals surface area contributed by atoms with Crippen molar-refractivity contribution in [1.29, 1.82) is 0 Å². The summed E-state index contributed by atoms with van der Waals surface area (Å²) in [5.74, 6) is 2.84. The van der Waals surface area contributed by atoms with Crippen LogP contribution in [0, 0.1) is 0 Å². The van der Waals surface area contributed by atoms with Crippen LogP contribution in [0.25, 0.3) is 0 Å². The second-order valence-electron chi connectivity index (χ2n) is 3.85. The maximum absolute atomic E-state index is 4.30. The van der Waals surface area contributed by atoms with Gasteiger partial charge in [-0.1, -0.05) is 12.8 Å². The highest BCUT2D eigenvalue weighted by atomic mass is 32.2. The van der Waals surface area contributed by atoms with Gasteiger partial charge < -0.3 is 10.6 Å². The van der Waals surface area contributed by atoms with Crippen LogP contribution in [0.15, 0.2) is 12.3 Å².